The van der Waals surface area contributed by atoms with Crippen LogP contribution < -0.4 is 0 Å². The molecule has 0 aromatic heterocycles. The molecule has 0 aromatic rings. The topological polar surface area (TPSA) is 48.8 Å². The highest BCUT2D eigenvalue weighted by Gasteiger charge is 2.09. The van der Waals surface area contributed by atoms with E-state index in [9.17, 15) is 0 Å². The Bertz CT molecular complexity index is 98.0. The molecule has 0 unspecified atom stereocenters. The molecule has 0 saturated carbocycles. The van der Waals surface area contributed by atoms with Crippen molar-refractivity contribution in [2.45, 2.75) is 10.3 Å². The molecule has 0 aromatic carbocycles. The molecule has 0 spiro atoms. The molecule has 0 amide bonds. The summed E-state index contributed by atoms with van der Waals surface area (Å²) in [4.78, 5) is 2.54. The first-order chi connectivity index (χ1) is 3.06. The van der Waals surface area contributed by atoms with Crippen LogP contribution in [0, 0.1) is 0 Å². The van der Waals surface area contributed by atoms with Gasteiger partial charge in [-0.1, -0.05) is 37.0 Å². The van der Waals surface area contributed by atoms with E-state index in [-0.39, 0.29) is 0 Å². The van der Waals surface area contributed by atoms with E-state index in [0.717, 1.165) is 0 Å². The van der Waals surface area contributed by atoms with E-state index in [4.69, 9.17) is 5.53 Å². The molecule has 5 heteroatoms. The lowest BCUT2D eigenvalue weighted by atomic mass is 10.8. The van der Waals surface area contributed by atoms with E-state index in [0.29, 0.717) is 0 Å². The summed E-state index contributed by atoms with van der Waals surface area (Å²) in [5, 5.41) is 3.27. The van der Waals surface area contributed by atoms with Crippen molar-refractivity contribution in [1.29, 1.82) is 0 Å². The van der Waals surface area contributed by atoms with Crippen LogP contribution in [0.5, 0.6) is 0 Å². The summed E-state index contributed by atoms with van der Waals surface area (Å²) in [6.45, 7) is 1.69. The minimum Gasteiger partial charge on any atom is -0.0668 e. The maximum atomic E-state index is 7.80. The van der Waals surface area contributed by atoms with Gasteiger partial charge in [0.1, 0.15) is 0 Å². The van der Waals surface area contributed by atoms with Crippen molar-refractivity contribution in [3.8, 4) is 0 Å². The van der Waals surface area contributed by atoms with E-state index >= 15 is 0 Å². The molecule has 0 aliphatic carbocycles. The third-order valence-electron chi connectivity index (χ3n) is 0.220. The highest BCUT2D eigenvalue weighted by atomic mass is 79.9. The Morgan fingerprint density at radius 3 is 2.14 bits per heavy atom. The van der Waals surface area contributed by atoms with Crippen LogP contribution in [-0.2, 0) is 0 Å². The zero-order valence-electron chi connectivity index (χ0n) is 3.60. The fourth-order valence-electron chi connectivity index (χ4n) is 0.0785. The summed E-state index contributed by atoms with van der Waals surface area (Å²) in [7, 11) is 0. The van der Waals surface area contributed by atoms with Gasteiger partial charge in [0, 0.05) is 4.91 Å². The molecule has 0 radical (unpaired) electrons. The van der Waals surface area contributed by atoms with E-state index < -0.39 is 3.36 Å². The number of halogens is 2. The number of azide groups is 1. The summed E-state index contributed by atoms with van der Waals surface area (Å²) in [6, 6.07) is 0. The third-order valence-corrected chi connectivity index (χ3v) is 0.538. The average molecular weight is 229 g/mol. The molecule has 0 fully saturated rings. The Kier molecular flexibility index (Phi) is 2.64. The van der Waals surface area contributed by atoms with Gasteiger partial charge in [0.05, 0.1) is 0 Å². The molecule has 40 valence electrons. The quantitative estimate of drug-likeness (QED) is 0.218. The first-order valence-corrected chi connectivity index (χ1v) is 3.09. The second-order valence-electron chi connectivity index (χ2n) is 1.03. The lowest BCUT2D eigenvalue weighted by molar-refractivity contribution is 0.991. The largest absolute Gasteiger partial charge is 0.156 e. The second-order valence-corrected chi connectivity index (χ2v) is 5.18. The van der Waals surface area contributed by atoms with E-state index in [1.807, 2.05) is 0 Å². The van der Waals surface area contributed by atoms with Crippen LogP contribution in [0.25, 0.3) is 10.4 Å². The summed E-state index contributed by atoms with van der Waals surface area (Å²) in [5.74, 6) is 0. The van der Waals surface area contributed by atoms with Gasteiger partial charge in [-0.15, -0.1) is 0 Å². The number of nitrogens with zero attached hydrogens (tertiary/aromatic N) is 3. The smallest absolute Gasteiger partial charge is 0.0668 e. The lowest BCUT2D eigenvalue weighted by Gasteiger charge is -2.00. The van der Waals surface area contributed by atoms with E-state index in [1.54, 1.807) is 6.92 Å². The van der Waals surface area contributed by atoms with Gasteiger partial charge < -0.3 is 0 Å². The maximum absolute atomic E-state index is 7.80. The van der Waals surface area contributed by atoms with Crippen LogP contribution in [-0.4, -0.2) is 3.36 Å². The van der Waals surface area contributed by atoms with Gasteiger partial charge >= 0.3 is 0 Å². The highest BCUT2D eigenvalue weighted by molar-refractivity contribution is 9.25. The zero-order valence-corrected chi connectivity index (χ0v) is 6.77. The number of hydrogen-bond acceptors (Lipinski definition) is 1. The van der Waals surface area contributed by atoms with Crippen LogP contribution in [0.3, 0.4) is 0 Å². The van der Waals surface area contributed by atoms with Gasteiger partial charge in [-0.05, 0) is 12.5 Å². The van der Waals surface area contributed by atoms with Crippen molar-refractivity contribution >= 4 is 31.9 Å². The fraction of sp³-hybridized carbons (Fsp3) is 1.00. The Balaban J connectivity index is 3.80. The molecule has 0 aliphatic heterocycles. The lowest BCUT2D eigenvalue weighted by Crippen LogP contribution is -1.94. The van der Waals surface area contributed by atoms with Crippen LogP contribution in [0.1, 0.15) is 6.92 Å². The number of alkyl halides is 2. The van der Waals surface area contributed by atoms with Gasteiger partial charge in [0.15, 0.2) is 3.36 Å². The van der Waals surface area contributed by atoms with Gasteiger partial charge in [0.25, 0.3) is 0 Å². The van der Waals surface area contributed by atoms with Crippen LogP contribution >= 0.6 is 31.9 Å². The van der Waals surface area contributed by atoms with Gasteiger partial charge in [-0.2, -0.15) is 0 Å². The minimum atomic E-state index is -0.616. The standard InChI is InChI=1S/C2H3Br2N3/c1-2(3,4)6-7-5/h1H3. The van der Waals surface area contributed by atoms with Crippen LogP contribution in [0.2, 0.25) is 0 Å². The normalized spacial score (nSPS) is 10.1. The van der Waals surface area contributed by atoms with Crippen molar-refractivity contribution in [3.05, 3.63) is 10.4 Å². The number of hydrogen-bond donors (Lipinski definition) is 0. The first kappa shape index (κ1) is 7.27. The molecule has 0 bridgehead atoms. The SMILES string of the molecule is CC(Br)(Br)N=[N+]=[N-]. The summed E-state index contributed by atoms with van der Waals surface area (Å²) in [6.07, 6.45) is 0. The average Bonchev–Trinajstić information content (AvgIpc) is 1.30. The summed E-state index contributed by atoms with van der Waals surface area (Å²) < 4.78 is -0.616. The van der Waals surface area contributed by atoms with Crippen molar-refractivity contribution in [3.63, 3.8) is 0 Å². The minimum absolute atomic E-state index is 0.616. The highest BCUT2D eigenvalue weighted by Crippen LogP contribution is 2.26. The van der Waals surface area contributed by atoms with Crippen LogP contribution in [0.15, 0.2) is 5.11 Å². The van der Waals surface area contributed by atoms with Gasteiger partial charge in [-0.25, -0.2) is 0 Å². The summed E-state index contributed by atoms with van der Waals surface area (Å²) >= 11 is 6.07. The van der Waals surface area contributed by atoms with Crippen molar-refractivity contribution < 1.29 is 0 Å². The van der Waals surface area contributed by atoms with E-state index in [2.05, 4.69) is 41.9 Å². The predicted octanol–water partition coefficient (Wildman–Crippen LogP) is 2.76. The Labute approximate surface area is 58.0 Å². The molecule has 0 N–H and O–H groups in total. The van der Waals surface area contributed by atoms with Crippen molar-refractivity contribution in [1.82, 2.24) is 0 Å². The molecule has 0 saturated heterocycles. The molecule has 0 rings (SSSR count). The van der Waals surface area contributed by atoms with Crippen molar-refractivity contribution in [2.75, 3.05) is 0 Å². The molecular weight excluding hydrogens is 226 g/mol. The fourth-order valence-corrected chi connectivity index (χ4v) is 0.220. The molecule has 0 heterocycles. The number of rotatable bonds is 1. The monoisotopic (exact) mass is 227 g/mol. The Morgan fingerprint density at radius 1 is 1.71 bits per heavy atom. The Hall–Kier alpha value is 0.270. The predicted molar refractivity (Wildman–Crippen MR) is 35.4 cm³/mol. The van der Waals surface area contributed by atoms with Gasteiger partial charge in [0.2, 0.25) is 0 Å². The molecular formula is C2H3Br2N3. The van der Waals surface area contributed by atoms with Crippen molar-refractivity contribution in [2.24, 2.45) is 5.11 Å². The third kappa shape index (κ3) is 6.27. The molecule has 0 aliphatic rings. The zero-order chi connectivity index (χ0) is 5.91. The van der Waals surface area contributed by atoms with E-state index in [1.165, 1.54) is 0 Å². The summed E-state index contributed by atoms with van der Waals surface area (Å²) in [5.41, 5.74) is 7.80. The molecule has 7 heavy (non-hydrogen) atoms. The second kappa shape index (κ2) is 2.55. The molecule has 0 atom stereocenters. The van der Waals surface area contributed by atoms with Gasteiger partial charge in [-0.3, -0.25) is 0 Å². The maximum Gasteiger partial charge on any atom is 0.156 e. The van der Waals surface area contributed by atoms with Crippen LogP contribution in [0.4, 0.5) is 0 Å². The molecule has 3 nitrogen and oxygen atoms in total. The first-order valence-electron chi connectivity index (χ1n) is 1.50. The Morgan fingerprint density at radius 2 is 2.14 bits per heavy atom.